The quantitative estimate of drug-likeness (QED) is 0.134. The number of benzene rings is 2. The second kappa shape index (κ2) is 19.7. The maximum absolute atomic E-state index is 5.96. The smallest absolute Gasteiger partial charge is 0.119 e. The summed E-state index contributed by atoms with van der Waals surface area (Å²) in [5.41, 5.74) is 0. The molecule has 2 aromatic carbocycles. The van der Waals surface area contributed by atoms with E-state index in [2.05, 4.69) is 61.7 Å². The molecule has 0 amide bonds. The van der Waals surface area contributed by atoms with Crippen molar-refractivity contribution >= 4 is 83.1 Å². The zero-order chi connectivity index (χ0) is 22.7. The minimum atomic E-state index is 0.773. The van der Waals surface area contributed by atoms with Crippen LogP contribution in [0.1, 0.15) is 12.8 Å². The van der Waals surface area contributed by atoms with E-state index < -0.39 is 0 Å². The van der Waals surface area contributed by atoms with E-state index in [9.17, 15) is 0 Å². The fraction of sp³-hybridized carbons (Fsp3) is 0.583. The third-order valence-corrected chi connectivity index (χ3v) is 10.1. The van der Waals surface area contributed by atoms with Crippen molar-refractivity contribution in [3.8, 4) is 11.5 Å². The van der Waals surface area contributed by atoms with E-state index in [1.54, 1.807) is 0 Å². The molecule has 0 atom stereocenters. The predicted octanol–water partition coefficient (Wildman–Crippen LogP) is 7.17. The molecule has 8 heteroatoms. The molecule has 0 unspecified atom stereocenters. The molecule has 0 aliphatic heterocycles. The van der Waals surface area contributed by atoms with Crippen LogP contribution in [0.2, 0.25) is 0 Å². The highest BCUT2D eigenvalue weighted by Crippen LogP contribution is 2.25. The molecule has 0 bridgehead atoms. The van der Waals surface area contributed by atoms with Gasteiger partial charge in [0.15, 0.2) is 0 Å². The van der Waals surface area contributed by atoms with E-state index in [0.29, 0.717) is 0 Å². The van der Waals surface area contributed by atoms with Gasteiger partial charge in [-0.05, 0) is 70.9 Å². The fourth-order valence-corrected chi connectivity index (χ4v) is 7.24. The van der Waals surface area contributed by atoms with Crippen LogP contribution in [0.3, 0.4) is 0 Å². The van der Waals surface area contributed by atoms with E-state index in [4.69, 9.17) is 9.47 Å². The predicted molar refractivity (Wildman–Crippen MR) is 161 cm³/mol. The minimum Gasteiger partial charge on any atom is -0.494 e. The van der Waals surface area contributed by atoms with Crippen molar-refractivity contribution in [3.05, 3.63) is 36.4 Å². The van der Waals surface area contributed by atoms with Crippen molar-refractivity contribution in [1.82, 2.24) is 0 Å². The van der Waals surface area contributed by atoms with Crippen LogP contribution in [0.15, 0.2) is 36.4 Å². The van der Waals surface area contributed by atoms with Crippen molar-refractivity contribution < 1.29 is 9.47 Å². The Bertz CT molecular complexity index is 669. The average molecular weight is 549 g/mol. The molecule has 0 radical (unpaired) electrons. The molecule has 0 fully saturated rings. The van der Waals surface area contributed by atoms with Crippen LogP contribution in [0.25, 0.3) is 10.8 Å². The van der Waals surface area contributed by atoms with Crippen LogP contribution >= 0.6 is 72.3 Å². The van der Waals surface area contributed by atoms with E-state index in [1.165, 1.54) is 33.8 Å². The fourth-order valence-electron chi connectivity index (χ4n) is 2.86. The topological polar surface area (TPSA) is 18.5 Å². The highest BCUT2D eigenvalue weighted by atomic mass is 32.2. The Labute approximate surface area is 222 Å². The molecule has 0 saturated heterocycles. The highest BCUT2D eigenvalue weighted by molar-refractivity contribution is 8.03. The first kappa shape index (κ1) is 28.6. The van der Waals surface area contributed by atoms with E-state index in [0.717, 1.165) is 72.1 Å². The molecule has 2 rings (SSSR count). The third kappa shape index (κ3) is 13.3. The monoisotopic (exact) mass is 548 g/mol. The molecule has 2 aromatic rings. The number of fused-ring (bicyclic) bond motifs is 1. The Morgan fingerprint density at radius 1 is 0.531 bits per heavy atom. The van der Waals surface area contributed by atoms with Gasteiger partial charge in [-0.2, -0.15) is 72.3 Å². The second-order valence-electron chi connectivity index (χ2n) is 6.97. The lowest BCUT2D eigenvalue weighted by atomic mass is 10.1. The van der Waals surface area contributed by atoms with Crippen LogP contribution in [-0.4, -0.2) is 70.7 Å². The average Bonchev–Trinajstić information content (AvgIpc) is 2.82. The van der Waals surface area contributed by atoms with Crippen LogP contribution < -0.4 is 9.47 Å². The third-order valence-electron chi connectivity index (χ3n) is 4.40. The van der Waals surface area contributed by atoms with Gasteiger partial charge in [0.25, 0.3) is 0 Å². The number of thiol groups is 2. The Balaban J connectivity index is 1.59. The van der Waals surface area contributed by atoms with E-state index >= 15 is 0 Å². The van der Waals surface area contributed by atoms with Gasteiger partial charge in [0, 0.05) is 34.5 Å². The molecule has 32 heavy (non-hydrogen) atoms. The van der Waals surface area contributed by atoms with Gasteiger partial charge in [0.05, 0.1) is 13.2 Å². The summed E-state index contributed by atoms with van der Waals surface area (Å²) >= 11 is 16.5. The molecule has 0 aliphatic rings. The molecular formula is C24H36O2S6. The number of thioether (sulfide) groups is 4. The first-order valence-electron chi connectivity index (χ1n) is 11.2. The molecule has 0 aliphatic carbocycles. The van der Waals surface area contributed by atoms with Gasteiger partial charge in [-0.1, -0.05) is 12.1 Å². The van der Waals surface area contributed by atoms with Crippen molar-refractivity contribution in [2.24, 2.45) is 0 Å². The van der Waals surface area contributed by atoms with Gasteiger partial charge in [-0.3, -0.25) is 0 Å². The van der Waals surface area contributed by atoms with Crippen molar-refractivity contribution in [2.75, 3.05) is 70.7 Å². The number of ether oxygens (including phenoxy) is 2. The van der Waals surface area contributed by atoms with Crippen molar-refractivity contribution in [1.29, 1.82) is 0 Å². The number of hydrogen-bond donors (Lipinski definition) is 2. The molecule has 180 valence electrons. The summed E-state index contributed by atoms with van der Waals surface area (Å²) in [7, 11) is 0. The first-order chi connectivity index (χ1) is 15.8. The summed E-state index contributed by atoms with van der Waals surface area (Å²) in [5, 5.41) is 2.39. The Kier molecular flexibility index (Phi) is 17.6. The normalized spacial score (nSPS) is 11.2. The summed E-state index contributed by atoms with van der Waals surface area (Å²) in [5.74, 6) is 13.3. The lowest BCUT2D eigenvalue weighted by molar-refractivity contribution is 0.318. The zero-order valence-corrected chi connectivity index (χ0v) is 23.8. The minimum absolute atomic E-state index is 0.773. The molecule has 0 N–H and O–H groups in total. The molecule has 0 saturated carbocycles. The zero-order valence-electron chi connectivity index (χ0n) is 18.7. The van der Waals surface area contributed by atoms with Gasteiger partial charge in [0.2, 0.25) is 0 Å². The Morgan fingerprint density at radius 3 is 1.34 bits per heavy atom. The Morgan fingerprint density at radius 2 is 0.938 bits per heavy atom. The van der Waals surface area contributed by atoms with Crippen LogP contribution in [-0.2, 0) is 0 Å². The van der Waals surface area contributed by atoms with Gasteiger partial charge >= 0.3 is 0 Å². The van der Waals surface area contributed by atoms with E-state index in [-0.39, 0.29) is 0 Å². The van der Waals surface area contributed by atoms with Gasteiger partial charge < -0.3 is 9.47 Å². The standard InChI is InChI=1S/C24H36O2S6/c27-9-13-31-17-15-29-11-1-7-25-23-5-3-22-20-24(6-4-21(22)19-23)26-8-2-12-30-16-18-32-14-10-28/h3-6,19-20,27-28H,1-2,7-18H2. The molecule has 0 heterocycles. The summed E-state index contributed by atoms with van der Waals surface area (Å²) in [6.45, 7) is 1.55. The maximum Gasteiger partial charge on any atom is 0.119 e. The van der Waals surface area contributed by atoms with Crippen molar-refractivity contribution in [2.45, 2.75) is 12.8 Å². The second-order valence-corrected chi connectivity index (χ2v) is 12.8. The van der Waals surface area contributed by atoms with Crippen LogP contribution in [0.4, 0.5) is 0 Å². The summed E-state index contributed by atoms with van der Waals surface area (Å²) in [6, 6.07) is 12.6. The van der Waals surface area contributed by atoms with Crippen LogP contribution in [0.5, 0.6) is 11.5 Å². The van der Waals surface area contributed by atoms with Gasteiger partial charge in [-0.15, -0.1) is 0 Å². The SMILES string of the molecule is SCCSCCSCCCOc1ccc2cc(OCCCSCCSCCS)ccc2c1. The van der Waals surface area contributed by atoms with Gasteiger partial charge in [0.1, 0.15) is 11.5 Å². The number of rotatable bonds is 20. The lowest BCUT2D eigenvalue weighted by Gasteiger charge is -2.10. The maximum atomic E-state index is 5.96. The largest absolute Gasteiger partial charge is 0.494 e. The number of hydrogen-bond acceptors (Lipinski definition) is 8. The Hall–Kier alpha value is 0.400. The molecular weight excluding hydrogens is 513 g/mol. The molecule has 0 spiro atoms. The summed E-state index contributed by atoms with van der Waals surface area (Å²) in [4.78, 5) is 0. The van der Waals surface area contributed by atoms with Crippen molar-refractivity contribution in [3.63, 3.8) is 0 Å². The lowest BCUT2D eigenvalue weighted by Crippen LogP contribution is -2.00. The van der Waals surface area contributed by atoms with Gasteiger partial charge in [-0.25, -0.2) is 0 Å². The summed E-state index contributed by atoms with van der Waals surface area (Å²) in [6.07, 6.45) is 2.17. The molecule has 2 nitrogen and oxygen atoms in total. The molecule has 0 aromatic heterocycles. The first-order valence-corrected chi connectivity index (χ1v) is 17.0. The summed E-state index contributed by atoms with van der Waals surface area (Å²) < 4.78 is 11.9. The van der Waals surface area contributed by atoms with Crippen LogP contribution in [0, 0.1) is 0 Å². The highest BCUT2D eigenvalue weighted by Gasteiger charge is 2.02. The van der Waals surface area contributed by atoms with E-state index in [1.807, 2.05) is 47.0 Å².